The summed E-state index contributed by atoms with van der Waals surface area (Å²) in [5.74, 6) is 0.650. The lowest BCUT2D eigenvalue weighted by Gasteiger charge is -2.08. The predicted molar refractivity (Wildman–Crippen MR) is 70.2 cm³/mol. The first-order valence-corrected chi connectivity index (χ1v) is 5.90. The van der Waals surface area contributed by atoms with Gasteiger partial charge in [-0.2, -0.15) is 0 Å². The average molecular weight is 236 g/mol. The van der Waals surface area contributed by atoms with E-state index in [0.29, 0.717) is 23.5 Å². The summed E-state index contributed by atoms with van der Waals surface area (Å²) in [4.78, 5) is 11.6. The molecule has 0 radical (unpaired) electrons. The van der Waals surface area contributed by atoms with Gasteiger partial charge in [0.2, 0.25) is 5.91 Å². The van der Waals surface area contributed by atoms with Crippen molar-refractivity contribution in [3.05, 3.63) is 18.2 Å². The highest BCUT2D eigenvalue weighted by atomic mass is 16.5. The summed E-state index contributed by atoms with van der Waals surface area (Å²) >= 11 is 0. The van der Waals surface area contributed by atoms with Gasteiger partial charge < -0.3 is 15.8 Å². The number of nitrogens with two attached hydrogens (primary N) is 1. The molecule has 3 N–H and O–H groups in total. The molecule has 0 aliphatic carbocycles. The largest absolute Gasteiger partial charge is 0.495 e. The molecule has 0 aliphatic rings. The molecular formula is C13H20N2O2. The number of carbonyl (C=O) groups is 1. The van der Waals surface area contributed by atoms with Gasteiger partial charge in [-0.1, -0.05) is 19.8 Å². The molecule has 0 aliphatic heterocycles. The monoisotopic (exact) mass is 236 g/mol. The maximum Gasteiger partial charge on any atom is 0.224 e. The number of hydrogen-bond donors (Lipinski definition) is 2. The molecule has 1 rings (SSSR count). The van der Waals surface area contributed by atoms with Gasteiger partial charge in [-0.15, -0.1) is 0 Å². The van der Waals surface area contributed by atoms with Gasteiger partial charge in [-0.3, -0.25) is 4.79 Å². The fourth-order valence-electron chi connectivity index (χ4n) is 1.57. The number of carbonyl (C=O) groups excluding carboxylic acids is 1. The highest BCUT2D eigenvalue weighted by Crippen LogP contribution is 2.24. The Morgan fingerprint density at radius 2 is 2.18 bits per heavy atom. The highest BCUT2D eigenvalue weighted by molar-refractivity contribution is 5.91. The van der Waals surface area contributed by atoms with Gasteiger partial charge in [0.25, 0.3) is 0 Å². The number of benzene rings is 1. The Kier molecular flexibility index (Phi) is 5.33. The Labute approximate surface area is 102 Å². The van der Waals surface area contributed by atoms with Crippen molar-refractivity contribution in [1.82, 2.24) is 0 Å². The van der Waals surface area contributed by atoms with E-state index in [1.165, 1.54) is 0 Å². The molecule has 94 valence electrons. The number of amides is 1. The Bertz CT molecular complexity index is 378. The first kappa shape index (κ1) is 13.4. The molecule has 4 heteroatoms. The van der Waals surface area contributed by atoms with Gasteiger partial charge in [0.15, 0.2) is 0 Å². The number of unbranched alkanes of at least 4 members (excludes halogenated alkanes) is 2. The molecule has 17 heavy (non-hydrogen) atoms. The summed E-state index contributed by atoms with van der Waals surface area (Å²) in [6, 6.07) is 5.24. The number of nitrogen functional groups attached to an aromatic ring is 1. The molecule has 0 spiro atoms. The van der Waals surface area contributed by atoms with Crippen molar-refractivity contribution in [2.45, 2.75) is 32.6 Å². The minimum absolute atomic E-state index is 0.0306. The van der Waals surface area contributed by atoms with E-state index < -0.39 is 0 Å². The summed E-state index contributed by atoms with van der Waals surface area (Å²) in [5.41, 5.74) is 6.99. The van der Waals surface area contributed by atoms with Crippen LogP contribution in [-0.2, 0) is 4.79 Å². The van der Waals surface area contributed by atoms with E-state index in [0.717, 1.165) is 19.3 Å². The van der Waals surface area contributed by atoms with Crippen LogP contribution in [0.4, 0.5) is 11.4 Å². The molecule has 0 saturated carbocycles. The third kappa shape index (κ3) is 4.34. The van der Waals surface area contributed by atoms with Crippen LogP contribution in [0.3, 0.4) is 0 Å². The number of hydrogen-bond acceptors (Lipinski definition) is 3. The Hall–Kier alpha value is -1.71. The zero-order chi connectivity index (χ0) is 12.7. The normalized spacial score (nSPS) is 10.0. The van der Waals surface area contributed by atoms with Crippen molar-refractivity contribution < 1.29 is 9.53 Å². The Balaban J connectivity index is 2.51. The van der Waals surface area contributed by atoms with E-state index in [1.54, 1.807) is 25.3 Å². The minimum atomic E-state index is 0.0306. The molecule has 1 aromatic carbocycles. The lowest BCUT2D eigenvalue weighted by Crippen LogP contribution is -2.11. The summed E-state index contributed by atoms with van der Waals surface area (Å²) in [6.07, 6.45) is 3.68. The van der Waals surface area contributed by atoms with E-state index in [4.69, 9.17) is 10.5 Å². The number of methoxy groups -OCH3 is 1. The average Bonchev–Trinajstić information content (AvgIpc) is 2.29. The summed E-state index contributed by atoms with van der Waals surface area (Å²) in [6.45, 7) is 2.11. The topological polar surface area (TPSA) is 64.3 Å². The second-order valence-electron chi connectivity index (χ2n) is 3.96. The third-order valence-electron chi connectivity index (χ3n) is 2.52. The third-order valence-corrected chi connectivity index (χ3v) is 2.52. The minimum Gasteiger partial charge on any atom is -0.495 e. The van der Waals surface area contributed by atoms with Crippen molar-refractivity contribution in [1.29, 1.82) is 0 Å². The summed E-state index contributed by atoms with van der Waals surface area (Å²) in [5, 5.41) is 2.82. The van der Waals surface area contributed by atoms with Crippen LogP contribution in [0.1, 0.15) is 32.6 Å². The first-order valence-electron chi connectivity index (χ1n) is 5.90. The van der Waals surface area contributed by atoms with Gasteiger partial charge in [-0.25, -0.2) is 0 Å². The van der Waals surface area contributed by atoms with Crippen LogP contribution in [0, 0.1) is 0 Å². The summed E-state index contributed by atoms with van der Waals surface area (Å²) < 4.78 is 5.05. The second-order valence-corrected chi connectivity index (χ2v) is 3.96. The van der Waals surface area contributed by atoms with Crippen LogP contribution >= 0.6 is 0 Å². The maximum atomic E-state index is 11.6. The van der Waals surface area contributed by atoms with Crippen LogP contribution in [0.2, 0.25) is 0 Å². The molecule has 0 fully saturated rings. The van der Waals surface area contributed by atoms with E-state index in [1.807, 2.05) is 0 Å². The molecule has 4 nitrogen and oxygen atoms in total. The van der Waals surface area contributed by atoms with E-state index >= 15 is 0 Å². The summed E-state index contributed by atoms with van der Waals surface area (Å²) in [7, 11) is 1.56. The van der Waals surface area contributed by atoms with Crippen LogP contribution in [-0.4, -0.2) is 13.0 Å². The van der Waals surface area contributed by atoms with Crippen LogP contribution in [0.15, 0.2) is 18.2 Å². The maximum absolute atomic E-state index is 11.6. The van der Waals surface area contributed by atoms with Gasteiger partial charge in [-0.05, 0) is 24.6 Å². The molecule has 0 bridgehead atoms. The van der Waals surface area contributed by atoms with Crippen molar-refractivity contribution in [3.63, 3.8) is 0 Å². The fraction of sp³-hybridized carbons (Fsp3) is 0.462. The van der Waals surface area contributed by atoms with Gasteiger partial charge >= 0.3 is 0 Å². The molecular weight excluding hydrogens is 216 g/mol. The van der Waals surface area contributed by atoms with Crippen LogP contribution < -0.4 is 15.8 Å². The molecule has 0 heterocycles. The molecule has 0 aromatic heterocycles. The van der Waals surface area contributed by atoms with E-state index in [2.05, 4.69) is 12.2 Å². The fourth-order valence-corrected chi connectivity index (χ4v) is 1.57. The Morgan fingerprint density at radius 1 is 1.41 bits per heavy atom. The lowest BCUT2D eigenvalue weighted by molar-refractivity contribution is -0.116. The smallest absolute Gasteiger partial charge is 0.224 e. The number of rotatable bonds is 6. The van der Waals surface area contributed by atoms with E-state index in [-0.39, 0.29) is 5.91 Å². The van der Waals surface area contributed by atoms with Crippen molar-refractivity contribution in [2.75, 3.05) is 18.2 Å². The lowest BCUT2D eigenvalue weighted by atomic mass is 10.2. The van der Waals surface area contributed by atoms with Crippen molar-refractivity contribution in [2.24, 2.45) is 0 Å². The number of ether oxygens (including phenoxy) is 1. The van der Waals surface area contributed by atoms with Gasteiger partial charge in [0.05, 0.1) is 12.8 Å². The molecule has 1 aromatic rings. The van der Waals surface area contributed by atoms with Crippen molar-refractivity contribution >= 4 is 17.3 Å². The molecule has 0 saturated heterocycles. The Morgan fingerprint density at radius 3 is 2.76 bits per heavy atom. The van der Waals surface area contributed by atoms with E-state index in [9.17, 15) is 4.79 Å². The van der Waals surface area contributed by atoms with Gasteiger partial charge in [0.1, 0.15) is 5.75 Å². The zero-order valence-electron chi connectivity index (χ0n) is 10.5. The number of anilines is 2. The highest BCUT2D eigenvalue weighted by Gasteiger charge is 2.04. The quantitative estimate of drug-likeness (QED) is 0.589. The zero-order valence-corrected chi connectivity index (χ0v) is 10.5. The number of nitrogens with one attached hydrogen (secondary N) is 1. The molecule has 0 unspecified atom stereocenters. The van der Waals surface area contributed by atoms with Crippen LogP contribution in [0.5, 0.6) is 5.75 Å². The molecule has 1 amide bonds. The van der Waals surface area contributed by atoms with Crippen LogP contribution in [0.25, 0.3) is 0 Å². The van der Waals surface area contributed by atoms with Crippen molar-refractivity contribution in [3.8, 4) is 5.75 Å². The molecule has 0 atom stereocenters. The standard InChI is InChI=1S/C13H20N2O2/c1-3-4-5-6-13(16)15-10-7-8-12(17-2)11(14)9-10/h7-9H,3-6,14H2,1-2H3,(H,15,16). The first-order chi connectivity index (χ1) is 8.17. The van der Waals surface area contributed by atoms with Gasteiger partial charge in [0, 0.05) is 12.1 Å². The predicted octanol–water partition coefficient (Wildman–Crippen LogP) is 2.80. The SMILES string of the molecule is CCCCCC(=O)Nc1ccc(OC)c(N)c1. The second kappa shape index (κ2) is 6.78.